The fourth-order valence-electron chi connectivity index (χ4n) is 9.40. The number of nitrogens with zero attached hydrogens (tertiary/aromatic N) is 1. The lowest BCUT2D eigenvalue weighted by atomic mass is 9.59. The number of carbonyl (C=O) groups is 1. The molecule has 0 radical (unpaired) electrons. The van der Waals surface area contributed by atoms with Crippen LogP contribution in [0.25, 0.3) is 0 Å². The van der Waals surface area contributed by atoms with E-state index in [0.29, 0.717) is 68.6 Å². The number of aryl methyl sites for hydroxylation is 1. The molecule has 1 fully saturated rings. The van der Waals surface area contributed by atoms with Crippen molar-refractivity contribution in [3.63, 3.8) is 0 Å². The molecule has 1 aromatic heterocycles. The maximum atomic E-state index is 13.1. The molecule has 7 rings (SSSR count). The van der Waals surface area contributed by atoms with Crippen LogP contribution in [-0.4, -0.2) is 46.3 Å². The Morgan fingerprint density at radius 2 is 1.84 bits per heavy atom. The normalized spacial score (nSPS) is 24.2. The second-order valence-electron chi connectivity index (χ2n) is 16.3. The molecule has 1 spiro atoms. The predicted molar refractivity (Wildman–Crippen MR) is 221 cm³/mol. The third-order valence-electron chi connectivity index (χ3n) is 12.3. The number of aromatic nitrogens is 1. The number of fused-ring (bicyclic) bond motifs is 3. The molecule has 1 heterocycles. The van der Waals surface area contributed by atoms with Crippen molar-refractivity contribution in [1.82, 2.24) is 4.98 Å². The number of anilines is 1. The van der Waals surface area contributed by atoms with Gasteiger partial charge in [0.05, 0.1) is 19.8 Å². The number of halogens is 1. The van der Waals surface area contributed by atoms with E-state index in [4.69, 9.17) is 30.1 Å². The van der Waals surface area contributed by atoms with Crippen molar-refractivity contribution in [2.24, 2.45) is 11.8 Å². The van der Waals surface area contributed by atoms with Crippen LogP contribution >= 0.6 is 19.4 Å². The highest BCUT2D eigenvalue weighted by molar-refractivity contribution is 7.47. The summed E-state index contributed by atoms with van der Waals surface area (Å²) in [6, 6.07) is 24.6. The van der Waals surface area contributed by atoms with Crippen molar-refractivity contribution in [3.05, 3.63) is 118 Å². The number of phosphoric ester groups is 1. The van der Waals surface area contributed by atoms with Crippen LogP contribution in [0.3, 0.4) is 0 Å². The molecular weight excluding hydrogens is 763 g/mol. The fraction of sp³-hybridized carbons (Fsp3) is 0.467. The summed E-state index contributed by atoms with van der Waals surface area (Å²) in [5.74, 6) is 1.09. The van der Waals surface area contributed by atoms with Crippen LogP contribution in [-0.2, 0) is 43.5 Å². The van der Waals surface area contributed by atoms with E-state index in [1.54, 1.807) is 18.2 Å². The molecule has 1 unspecified atom stereocenters. The van der Waals surface area contributed by atoms with Gasteiger partial charge in [0.1, 0.15) is 17.0 Å². The largest absolute Gasteiger partial charge is 0.527 e. The van der Waals surface area contributed by atoms with Crippen LogP contribution in [0.2, 0.25) is 5.02 Å². The molecule has 1 saturated carbocycles. The van der Waals surface area contributed by atoms with Crippen LogP contribution in [0.4, 0.5) is 5.69 Å². The van der Waals surface area contributed by atoms with Gasteiger partial charge in [0, 0.05) is 34.8 Å². The predicted octanol–water partition coefficient (Wildman–Crippen LogP) is 10.3. The molecule has 0 aliphatic heterocycles. The lowest BCUT2D eigenvalue weighted by Crippen LogP contribution is -2.53. The number of hydrogen-bond acceptors (Lipinski definition) is 8. The summed E-state index contributed by atoms with van der Waals surface area (Å²) in [6.45, 7) is 5.85. The lowest BCUT2D eigenvalue weighted by Gasteiger charge is -2.47. The monoisotopic (exact) mass is 816 g/mol. The van der Waals surface area contributed by atoms with Gasteiger partial charge in [-0.25, -0.2) is 9.36 Å². The molecule has 3 aromatic carbocycles. The summed E-state index contributed by atoms with van der Waals surface area (Å²) in [5, 5.41) is 14.5. The van der Waals surface area contributed by atoms with Crippen molar-refractivity contribution in [2.45, 2.75) is 102 Å². The Bertz CT molecular complexity index is 2060. The molecule has 304 valence electrons. The first-order valence-corrected chi connectivity index (χ1v) is 22.1. The van der Waals surface area contributed by atoms with Crippen molar-refractivity contribution in [3.8, 4) is 11.5 Å². The third-order valence-corrected chi connectivity index (χ3v) is 13.5. The number of phosphoric acid groups is 1. The molecule has 4 atom stereocenters. The maximum Gasteiger partial charge on any atom is 0.527 e. The van der Waals surface area contributed by atoms with Crippen molar-refractivity contribution in [2.75, 3.05) is 25.1 Å². The summed E-state index contributed by atoms with van der Waals surface area (Å²) in [6.07, 6.45) is 9.18. The summed E-state index contributed by atoms with van der Waals surface area (Å²) in [5.41, 5.74) is 4.73. The van der Waals surface area contributed by atoms with Crippen LogP contribution in [0.1, 0.15) is 99.1 Å². The molecule has 57 heavy (non-hydrogen) atoms. The number of pyridine rings is 1. The minimum Gasteiger partial charge on any atom is -0.493 e. The molecular formula is C45H54ClN2O8P. The van der Waals surface area contributed by atoms with E-state index in [9.17, 15) is 19.4 Å². The molecule has 4 aromatic rings. The Labute approximate surface area is 340 Å². The molecule has 12 heteroatoms. The SMILES string of the molecule is C[C@@H](COc1ccnc2c1[C@H](C)CCC2)C[C@H]1Cc2ccc(OP(=O)(O)OCCCOCc3ccccc3)cc2C12CCC(Nc1cccc(Cl)c1)(C(=O)O)CC2. The smallest absolute Gasteiger partial charge is 0.493 e. The van der Waals surface area contributed by atoms with Gasteiger partial charge in [-0.15, -0.1) is 0 Å². The van der Waals surface area contributed by atoms with E-state index in [1.807, 2.05) is 66.9 Å². The Hall–Kier alpha value is -3.92. The second-order valence-corrected chi connectivity index (χ2v) is 18.1. The van der Waals surface area contributed by atoms with Gasteiger partial charge in [-0.1, -0.05) is 67.9 Å². The number of hydrogen-bond donors (Lipinski definition) is 3. The van der Waals surface area contributed by atoms with Gasteiger partial charge in [-0.3, -0.25) is 14.4 Å². The number of carboxylic acids is 1. The summed E-state index contributed by atoms with van der Waals surface area (Å²) < 4.78 is 36.4. The lowest BCUT2D eigenvalue weighted by molar-refractivity contribution is -0.144. The molecule has 3 N–H and O–H groups in total. The number of ether oxygens (including phenoxy) is 2. The average Bonchev–Trinajstić information content (AvgIpc) is 3.47. The zero-order valence-corrected chi connectivity index (χ0v) is 34.5. The number of carboxylic acid groups (broad SMARTS) is 1. The van der Waals surface area contributed by atoms with Gasteiger partial charge in [0.25, 0.3) is 0 Å². The highest BCUT2D eigenvalue weighted by atomic mass is 35.5. The molecule has 3 aliphatic carbocycles. The minimum absolute atomic E-state index is 0.00239. The summed E-state index contributed by atoms with van der Waals surface area (Å²) in [7, 11) is -4.44. The summed E-state index contributed by atoms with van der Waals surface area (Å²) >= 11 is 6.28. The van der Waals surface area contributed by atoms with E-state index in [2.05, 4.69) is 24.1 Å². The van der Waals surface area contributed by atoms with Gasteiger partial charge in [-0.2, -0.15) is 0 Å². The third kappa shape index (κ3) is 9.69. The minimum atomic E-state index is -4.44. The van der Waals surface area contributed by atoms with E-state index in [0.717, 1.165) is 60.2 Å². The second kappa shape index (κ2) is 17.9. The van der Waals surface area contributed by atoms with E-state index in [1.165, 1.54) is 5.56 Å². The quantitative estimate of drug-likeness (QED) is 0.0698. The van der Waals surface area contributed by atoms with Crippen molar-refractivity contribution >= 4 is 31.1 Å². The molecule has 10 nitrogen and oxygen atoms in total. The Morgan fingerprint density at radius 3 is 2.61 bits per heavy atom. The van der Waals surface area contributed by atoms with Gasteiger partial charge < -0.3 is 24.4 Å². The first kappa shape index (κ1) is 41.2. The van der Waals surface area contributed by atoms with E-state index >= 15 is 0 Å². The standard InChI is InChI=1S/C45H54ClN2O8P/c1-31(29-54-41-17-22-47-40-14-6-9-32(2)42(40)41)25-35-26-34-15-16-38(56-57(51,52)55-24-8-23-53-30-33-10-4-3-5-11-33)28-39(34)44(35)18-20-45(21-19-44,43(49)50)48-37-13-7-12-36(46)27-37/h3-5,7,10-13,15-17,22,27-28,31-32,35,48H,6,8-9,14,18-21,23-26,29-30H2,1-2H3,(H,49,50)(H,51,52)/t31-,32-,35+,44?,45?/m1/s1. The molecule has 3 aliphatic rings. The molecule has 0 saturated heterocycles. The van der Waals surface area contributed by atoms with E-state index < -0.39 is 19.3 Å². The van der Waals surface area contributed by atoms with Gasteiger partial charge in [0.15, 0.2) is 0 Å². The van der Waals surface area contributed by atoms with Crippen LogP contribution in [0.15, 0.2) is 85.1 Å². The van der Waals surface area contributed by atoms with Gasteiger partial charge in [-0.05, 0) is 140 Å². The number of rotatable bonds is 17. The van der Waals surface area contributed by atoms with Crippen LogP contribution < -0.4 is 14.6 Å². The van der Waals surface area contributed by atoms with Crippen LogP contribution in [0.5, 0.6) is 11.5 Å². The zero-order chi connectivity index (χ0) is 40.0. The molecule has 0 amide bonds. The van der Waals surface area contributed by atoms with Gasteiger partial charge >= 0.3 is 13.8 Å². The van der Waals surface area contributed by atoms with Crippen molar-refractivity contribution in [1.29, 1.82) is 0 Å². The van der Waals surface area contributed by atoms with Crippen molar-refractivity contribution < 1.29 is 37.9 Å². The topological polar surface area (TPSA) is 136 Å². The fourth-order valence-corrected chi connectivity index (χ4v) is 10.4. The first-order chi connectivity index (χ1) is 27.5. The number of aliphatic carboxylic acids is 1. The first-order valence-electron chi connectivity index (χ1n) is 20.2. The number of benzene rings is 3. The number of nitrogens with one attached hydrogen (secondary N) is 1. The van der Waals surface area contributed by atoms with Gasteiger partial charge in [0.2, 0.25) is 0 Å². The Balaban J connectivity index is 1.06. The maximum absolute atomic E-state index is 13.1. The van der Waals surface area contributed by atoms with Crippen LogP contribution in [0, 0.1) is 11.8 Å². The zero-order valence-electron chi connectivity index (χ0n) is 32.8. The highest BCUT2D eigenvalue weighted by Gasteiger charge is 2.54. The highest BCUT2D eigenvalue weighted by Crippen LogP contribution is 2.57. The summed E-state index contributed by atoms with van der Waals surface area (Å²) in [4.78, 5) is 28.4. The average molecular weight is 817 g/mol. The Morgan fingerprint density at radius 1 is 1.04 bits per heavy atom. The van der Waals surface area contributed by atoms with E-state index in [-0.39, 0.29) is 29.6 Å². The molecule has 0 bridgehead atoms. The Kier molecular flexibility index (Phi) is 13.0.